The number of hydrogen-bond donors (Lipinski definition) is 4. The second kappa shape index (κ2) is 3.71. The Morgan fingerprint density at radius 2 is 1.78 bits per heavy atom. The molecule has 0 aliphatic rings. The molecule has 0 rings (SSSR count). The minimum Gasteiger partial charge on any atom is -0.390 e. The van der Waals surface area contributed by atoms with E-state index >= 15 is 0 Å². The van der Waals surface area contributed by atoms with Crippen LogP contribution in [0.1, 0.15) is 6.92 Å². The minimum absolute atomic E-state index is 0.230. The van der Waals surface area contributed by atoms with Crippen LogP contribution in [-0.2, 0) is 0 Å². The topological polar surface area (TPSA) is 40.5 Å². The average molecular weight is 168 g/mol. The van der Waals surface area contributed by atoms with Gasteiger partial charge >= 0.3 is 0 Å². The van der Waals surface area contributed by atoms with Crippen LogP contribution in [0.3, 0.4) is 0 Å². The van der Waals surface area contributed by atoms with Gasteiger partial charge in [0.2, 0.25) is 0 Å². The number of aliphatic hydroxyl groups excluding tert-OH is 1. The summed E-state index contributed by atoms with van der Waals surface area (Å²) in [5.74, 6) is 0.461. The van der Waals surface area contributed by atoms with Crippen molar-refractivity contribution in [2.75, 3.05) is 11.5 Å². The first kappa shape index (κ1) is 9.62. The lowest BCUT2D eigenvalue weighted by Crippen LogP contribution is -2.44. The van der Waals surface area contributed by atoms with Gasteiger partial charge in [0, 0.05) is 11.5 Å². The molecule has 0 aromatic rings. The van der Waals surface area contributed by atoms with E-state index in [0.29, 0.717) is 0 Å². The maximum atomic E-state index is 9.30. The molecular weight excluding hydrogens is 156 g/mol. The van der Waals surface area contributed by atoms with E-state index < -0.39 is 11.7 Å². The van der Waals surface area contributed by atoms with Crippen LogP contribution in [0.5, 0.6) is 0 Å². The molecule has 0 amide bonds. The molecular formula is C5H12O2S2. The number of aliphatic hydroxyl groups is 2. The van der Waals surface area contributed by atoms with Crippen molar-refractivity contribution < 1.29 is 10.2 Å². The summed E-state index contributed by atoms with van der Waals surface area (Å²) in [6, 6.07) is 0. The predicted molar refractivity (Wildman–Crippen MR) is 44.3 cm³/mol. The van der Waals surface area contributed by atoms with E-state index in [2.05, 4.69) is 25.3 Å². The Balaban J connectivity index is 3.92. The van der Waals surface area contributed by atoms with Gasteiger partial charge in [-0.1, -0.05) is 0 Å². The number of rotatable bonds is 3. The van der Waals surface area contributed by atoms with Gasteiger partial charge in [0.1, 0.15) is 5.60 Å². The maximum absolute atomic E-state index is 9.30. The van der Waals surface area contributed by atoms with Gasteiger partial charge in [0.25, 0.3) is 0 Å². The summed E-state index contributed by atoms with van der Waals surface area (Å²) < 4.78 is 0. The highest BCUT2D eigenvalue weighted by Crippen LogP contribution is 2.13. The van der Waals surface area contributed by atoms with Crippen LogP contribution in [0.15, 0.2) is 0 Å². The highest BCUT2D eigenvalue weighted by molar-refractivity contribution is 7.81. The molecule has 9 heavy (non-hydrogen) atoms. The van der Waals surface area contributed by atoms with Crippen molar-refractivity contribution in [2.45, 2.75) is 18.6 Å². The summed E-state index contributed by atoms with van der Waals surface area (Å²) in [6.07, 6.45) is -0.771. The molecule has 56 valence electrons. The molecule has 0 saturated heterocycles. The van der Waals surface area contributed by atoms with Crippen LogP contribution in [-0.4, -0.2) is 33.4 Å². The van der Waals surface area contributed by atoms with E-state index in [1.807, 2.05) is 0 Å². The van der Waals surface area contributed by atoms with Crippen molar-refractivity contribution in [3.63, 3.8) is 0 Å². The largest absolute Gasteiger partial charge is 0.390 e. The molecule has 0 aromatic carbocycles. The molecule has 2 nitrogen and oxygen atoms in total. The molecule has 1 unspecified atom stereocenters. The van der Waals surface area contributed by atoms with Crippen LogP contribution in [0, 0.1) is 0 Å². The monoisotopic (exact) mass is 168 g/mol. The molecule has 1 atom stereocenters. The van der Waals surface area contributed by atoms with E-state index in [4.69, 9.17) is 5.11 Å². The third kappa shape index (κ3) is 2.37. The highest BCUT2D eigenvalue weighted by Gasteiger charge is 2.28. The Morgan fingerprint density at radius 3 is 1.78 bits per heavy atom. The minimum atomic E-state index is -1.13. The lowest BCUT2D eigenvalue weighted by Gasteiger charge is -2.26. The molecule has 0 fully saturated rings. The van der Waals surface area contributed by atoms with Crippen molar-refractivity contribution >= 4 is 25.3 Å². The zero-order chi connectivity index (χ0) is 7.49. The lowest BCUT2D eigenvalue weighted by molar-refractivity contribution is -0.0295. The first-order valence-corrected chi connectivity index (χ1v) is 3.95. The predicted octanol–water partition coefficient (Wildman–Crippen LogP) is -0.0421. The molecule has 0 spiro atoms. The van der Waals surface area contributed by atoms with Crippen molar-refractivity contribution in [3.8, 4) is 0 Å². The van der Waals surface area contributed by atoms with Gasteiger partial charge in [0.05, 0.1) is 6.10 Å². The second-order valence-corrected chi connectivity index (χ2v) is 2.73. The molecule has 0 aliphatic carbocycles. The Bertz CT molecular complexity index is 81.0. The smallest absolute Gasteiger partial charge is 0.108 e. The average Bonchev–Trinajstić information content (AvgIpc) is 1.86. The lowest BCUT2D eigenvalue weighted by atomic mass is 10.0. The first-order valence-electron chi connectivity index (χ1n) is 2.69. The van der Waals surface area contributed by atoms with E-state index in [1.165, 1.54) is 6.92 Å². The van der Waals surface area contributed by atoms with Crippen molar-refractivity contribution in [3.05, 3.63) is 0 Å². The molecule has 0 saturated carbocycles. The van der Waals surface area contributed by atoms with E-state index in [0.717, 1.165) is 0 Å². The summed E-state index contributed by atoms with van der Waals surface area (Å²) >= 11 is 7.72. The third-order valence-corrected chi connectivity index (χ3v) is 2.42. The van der Waals surface area contributed by atoms with Gasteiger partial charge < -0.3 is 10.2 Å². The Labute approximate surface area is 66.1 Å². The van der Waals surface area contributed by atoms with Crippen LogP contribution in [0.4, 0.5) is 0 Å². The maximum Gasteiger partial charge on any atom is 0.108 e. The van der Waals surface area contributed by atoms with E-state index in [-0.39, 0.29) is 11.5 Å². The van der Waals surface area contributed by atoms with Gasteiger partial charge in [-0.25, -0.2) is 0 Å². The van der Waals surface area contributed by atoms with E-state index in [9.17, 15) is 5.11 Å². The van der Waals surface area contributed by atoms with Gasteiger partial charge in [-0.05, 0) is 6.92 Å². The van der Waals surface area contributed by atoms with Crippen LogP contribution in [0.25, 0.3) is 0 Å². The summed E-state index contributed by atoms with van der Waals surface area (Å²) in [5, 5.41) is 18.2. The molecule has 4 heteroatoms. The van der Waals surface area contributed by atoms with E-state index in [1.54, 1.807) is 0 Å². The normalized spacial score (nSPS) is 15.7. The van der Waals surface area contributed by atoms with Gasteiger partial charge in [-0.3, -0.25) is 0 Å². The molecule has 0 aromatic heterocycles. The fraction of sp³-hybridized carbons (Fsp3) is 1.00. The van der Waals surface area contributed by atoms with Crippen LogP contribution in [0.2, 0.25) is 0 Å². The molecule has 2 N–H and O–H groups in total. The van der Waals surface area contributed by atoms with Gasteiger partial charge in [-0.2, -0.15) is 25.3 Å². The summed E-state index contributed by atoms with van der Waals surface area (Å²) in [4.78, 5) is 0. The third-order valence-electron chi connectivity index (χ3n) is 1.33. The van der Waals surface area contributed by atoms with Gasteiger partial charge in [-0.15, -0.1) is 0 Å². The first-order chi connectivity index (χ1) is 4.06. The summed E-state index contributed by atoms with van der Waals surface area (Å²) in [6.45, 7) is 1.52. The van der Waals surface area contributed by atoms with Crippen molar-refractivity contribution in [1.82, 2.24) is 0 Å². The molecule has 0 heterocycles. The zero-order valence-corrected chi connectivity index (χ0v) is 7.07. The highest BCUT2D eigenvalue weighted by atomic mass is 32.1. The molecule has 0 radical (unpaired) electrons. The Morgan fingerprint density at radius 1 is 1.44 bits per heavy atom. The second-order valence-electron chi connectivity index (χ2n) is 2.10. The summed E-state index contributed by atoms with van der Waals surface area (Å²) in [5.41, 5.74) is -1.13. The van der Waals surface area contributed by atoms with Gasteiger partial charge in [0.15, 0.2) is 0 Å². The summed E-state index contributed by atoms with van der Waals surface area (Å²) in [7, 11) is 0. The van der Waals surface area contributed by atoms with Crippen LogP contribution >= 0.6 is 25.3 Å². The molecule has 0 aliphatic heterocycles. The number of hydrogen-bond acceptors (Lipinski definition) is 4. The number of thiol groups is 2. The molecule has 0 bridgehead atoms. The zero-order valence-electron chi connectivity index (χ0n) is 5.28. The SMILES string of the molecule is CC(O)C(O)(CS)CS. The van der Waals surface area contributed by atoms with Crippen molar-refractivity contribution in [2.24, 2.45) is 0 Å². The Hall–Kier alpha value is 0.620. The fourth-order valence-electron chi connectivity index (χ4n) is 0.314. The quantitative estimate of drug-likeness (QED) is 0.447. The fourth-order valence-corrected chi connectivity index (χ4v) is 1.24. The van der Waals surface area contributed by atoms with Crippen molar-refractivity contribution in [1.29, 1.82) is 0 Å². The standard InChI is InChI=1S/C5H12O2S2/c1-4(6)5(7,2-8)3-9/h4,6-9H,2-3H2,1H3. The Kier molecular flexibility index (Phi) is 3.96. The van der Waals surface area contributed by atoms with Crippen LogP contribution < -0.4 is 0 Å².